The fourth-order valence-electron chi connectivity index (χ4n) is 3.72. The van der Waals surface area contributed by atoms with Crippen LogP contribution in [0.5, 0.6) is 0 Å². The van der Waals surface area contributed by atoms with Gasteiger partial charge < -0.3 is 15.5 Å². The number of anilines is 1. The molecular formula is C20H26FN5S. The minimum absolute atomic E-state index is 0.199. The number of rotatable bonds is 4. The summed E-state index contributed by atoms with van der Waals surface area (Å²) < 4.78 is 13.1. The zero-order valence-electron chi connectivity index (χ0n) is 15.5. The quantitative estimate of drug-likeness (QED) is 0.647. The van der Waals surface area contributed by atoms with Gasteiger partial charge in [0.2, 0.25) is 0 Å². The molecule has 1 saturated heterocycles. The van der Waals surface area contributed by atoms with Crippen molar-refractivity contribution in [2.24, 2.45) is 10.7 Å². The number of halogens is 1. The fourth-order valence-corrected chi connectivity index (χ4v) is 4.87. The molecule has 2 N–H and O–H groups in total. The Bertz CT molecular complexity index is 770. The monoisotopic (exact) mass is 387 g/mol. The molecule has 2 aliphatic rings. The van der Waals surface area contributed by atoms with Gasteiger partial charge in [0.1, 0.15) is 5.82 Å². The second-order valence-electron chi connectivity index (χ2n) is 7.13. The lowest BCUT2D eigenvalue weighted by Gasteiger charge is -2.36. The van der Waals surface area contributed by atoms with Crippen molar-refractivity contribution in [3.63, 3.8) is 0 Å². The minimum Gasteiger partial charge on any atom is -0.370 e. The summed E-state index contributed by atoms with van der Waals surface area (Å²) in [6.07, 6.45) is 5.76. The molecule has 2 heterocycles. The van der Waals surface area contributed by atoms with Gasteiger partial charge in [-0.15, -0.1) is 11.3 Å². The Balaban J connectivity index is 1.26. The number of piperazine rings is 1. The van der Waals surface area contributed by atoms with Crippen molar-refractivity contribution in [2.75, 3.05) is 37.6 Å². The van der Waals surface area contributed by atoms with Gasteiger partial charge in [0, 0.05) is 49.7 Å². The van der Waals surface area contributed by atoms with Crippen molar-refractivity contribution in [3.8, 4) is 0 Å². The summed E-state index contributed by atoms with van der Waals surface area (Å²) in [6, 6.07) is 6.67. The lowest BCUT2D eigenvalue weighted by Crippen LogP contribution is -2.51. The van der Waals surface area contributed by atoms with E-state index in [0.717, 1.165) is 44.7 Å². The highest BCUT2D eigenvalue weighted by Crippen LogP contribution is 2.26. The predicted molar refractivity (Wildman–Crippen MR) is 109 cm³/mol. The molecule has 0 saturated carbocycles. The van der Waals surface area contributed by atoms with Gasteiger partial charge in [0.25, 0.3) is 0 Å². The third-order valence-corrected chi connectivity index (χ3v) is 6.50. The number of aliphatic imine (C=N–C) groups is 1. The molecule has 1 fully saturated rings. The summed E-state index contributed by atoms with van der Waals surface area (Å²) in [5.74, 6) is 0.421. The third kappa shape index (κ3) is 4.40. The van der Waals surface area contributed by atoms with E-state index in [1.54, 1.807) is 0 Å². The van der Waals surface area contributed by atoms with Crippen molar-refractivity contribution in [1.29, 1.82) is 0 Å². The molecule has 144 valence electrons. The van der Waals surface area contributed by atoms with Crippen LogP contribution in [0.1, 0.15) is 28.4 Å². The average Bonchev–Trinajstić information content (AvgIpc) is 3.11. The lowest BCUT2D eigenvalue weighted by molar-refractivity contribution is 0.381. The summed E-state index contributed by atoms with van der Waals surface area (Å²) in [6.45, 7) is 4.08. The predicted octanol–water partition coefficient (Wildman–Crippen LogP) is 2.84. The summed E-state index contributed by atoms with van der Waals surface area (Å²) in [5, 5.41) is 1.19. The Morgan fingerprint density at radius 1 is 1.11 bits per heavy atom. The van der Waals surface area contributed by atoms with Crippen molar-refractivity contribution >= 4 is 23.0 Å². The molecule has 1 aliphatic carbocycles. The Morgan fingerprint density at radius 3 is 2.59 bits per heavy atom. The summed E-state index contributed by atoms with van der Waals surface area (Å²) in [4.78, 5) is 15.2. The molecular weight excluding hydrogens is 361 g/mol. The van der Waals surface area contributed by atoms with Crippen molar-refractivity contribution in [3.05, 3.63) is 45.7 Å². The molecule has 0 amide bonds. The van der Waals surface area contributed by atoms with E-state index in [1.807, 2.05) is 23.5 Å². The second-order valence-corrected chi connectivity index (χ2v) is 8.29. The van der Waals surface area contributed by atoms with E-state index in [2.05, 4.69) is 14.8 Å². The number of aryl methyl sites for hydroxylation is 2. The van der Waals surface area contributed by atoms with Crippen LogP contribution in [0, 0.1) is 5.82 Å². The van der Waals surface area contributed by atoms with E-state index in [4.69, 9.17) is 10.7 Å². The molecule has 1 aromatic carbocycles. The Hall–Kier alpha value is -2.15. The Kier molecular flexibility index (Phi) is 5.57. The molecule has 7 heteroatoms. The molecule has 4 rings (SSSR count). The first-order chi connectivity index (χ1) is 13.2. The number of hydrogen-bond acceptors (Lipinski definition) is 4. The highest BCUT2D eigenvalue weighted by molar-refractivity contribution is 7.11. The maximum Gasteiger partial charge on any atom is 0.191 e. The molecule has 27 heavy (non-hydrogen) atoms. The first-order valence-electron chi connectivity index (χ1n) is 9.72. The molecule has 0 unspecified atom stereocenters. The topological polar surface area (TPSA) is 57.8 Å². The maximum atomic E-state index is 13.1. The highest BCUT2D eigenvalue weighted by Gasteiger charge is 2.19. The first kappa shape index (κ1) is 18.2. The molecule has 1 aliphatic heterocycles. The van der Waals surface area contributed by atoms with Crippen LogP contribution in [0.2, 0.25) is 0 Å². The summed E-state index contributed by atoms with van der Waals surface area (Å²) in [7, 11) is 0. The lowest BCUT2D eigenvalue weighted by atomic mass is 10.0. The second kappa shape index (κ2) is 8.25. The van der Waals surface area contributed by atoms with Gasteiger partial charge in [-0.2, -0.15) is 0 Å². The van der Waals surface area contributed by atoms with Crippen LogP contribution in [0.15, 0.2) is 29.3 Å². The number of nitrogens with two attached hydrogens (primary N) is 1. The van der Waals surface area contributed by atoms with Gasteiger partial charge in [-0.3, -0.25) is 4.99 Å². The van der Waals surface area contributed by atoms with Crippen LogP contribution < -0.4 is 10.6 Å². The number of guanidine groups is 1. The van der Waals surface area contributed by atoms with Gasteiger partial charge in [-0.1, -0.05) is 0 Å². The smallest absolute Gasteiger partial charge is 0.191 e. The van der Waals surface area contributed by atoms with Gasteiger partial charge in [0.05, 0.1) is 10.7 Å². The molecule has 0 atom stereocenters. The standard InChI is InChI=1S/C20H26FN5S/c21-15-5-7-16(8-6-15)25-11-13-26(14-12-25)20(22)23-10-9-19-24-17-3-1-2-4-18(17)27-19/h5-8H,1-4,9-14H2,(H2,22,23). The molecule has 0 radical (unpaired) electrons. The van der Waals surface area contributed by atoms with Crippen LogP contribution in [-0.4, -0.2) is 48.6 Å². The highest BCUT2D eigenvalue weighted by atomic mass is 32.1. The van der Waals surface area contributed by atoms with Crippen LogP contribution in [0.25, 0.3) is 0 Å². The minimum atomic E-state index is -0.199. The maximum absolute atomic E-state index is 13.1. The number of benzene rings is 1. The van der Waals surface area contributed by atoms with E-state index in [1.165, 1.54) is 47.0 Å². The molecule has 2 aromatic rings. The summed E-state index contributed by atoms with van der Waals surface area (Å²) in [5.41, 5.74) is 8.57. The molecule has 1 aromatic heterocycles. The average molecular weight is 388 g/mol. The van der Waals surface area contributed by atoms with E-state index in [-0.39, 0.29) is 5.82 Å². The van der Waals surface area contributed by atoms with Gasteiger partial charge in [0.15, 0.2) is 5.96 Å². The third-order valence-electron chi connectivity index (χ3n) is 5.28. The molecule has 0 bridgehead atoms. The number of nitrogens with zero attached hydrogens (tertiary/aromatic N) is 4. The van der Waals surface area contributed by atoms with E-state index < -0.39 is 0 Å². The Morgan fingerprint density at radius 2 is 1.85 bits per heavy atom. The van der Waals surface area contributed by atoms with E-state index >= 15 is 0 Å². The van der Waals surface area contributed by atoms with Crippen LogP contribution in [0.3, 0.4) is 0 Å². The summed E-state index contributed by atoms with van der Waals surface area (Å²) >= 11 is 1.85. The van der Waals surface area contributed by atoms with Gasteiger partial charge in [-0.05, 0) is 49.9 Å². The molecule has 0 spiro atoms. The van der Waals surface area contributed by atoms with Crippen molar-refractivity contribution in [2.45, 2.75) is 32.1 Å². The zero-order valence-corrected chi connectivity index (χ0v) is 16.3. The van der Waals surface area contributed by atoms with Crippen molar-refractivity contribution < 1.29 is 4.39 Å². The number of aromatic nitrogens is 1. The first-order valence-corrected chi connectivity index (χ1v) is 10.5. The van der Waals surface area contributed by atoms with Crippen LogP contribution in [-0.2, 0) is 19.3 Å². The molecule has 5 nitrogen and oxygen atoms in total. The van der Waals surface area contributed by atoms with E-state index in [0.29, 0.717) is 12.5 Å². The van der Waals surface area contributed by atoms with Crippen LogP contribution >= 0.6 is 11.3 Å². The van der Waals surface area contributed by atoms with Gasteiger partial charge in [-0.25, -0.2) is 9.37 Å². The number of thiazole rings is 1. The normalized spacial score (nSPS) is 17.9. The zero-order chi connectivity index (χ0) is 18.6. The van der Waals surface area contributed by atoms with E-state index in [9.17, 15) is 4.39 Å². The Labute approximate surface area is 163 Å². The van der Waals surface area contributed by atoms with Gasteiger partial charge >= 0.3 is 0 Å². The van der Waals surface area contributed by atoms with Crippen LogP contribution in [0.4, 0.5) is 10.1 Å². The fraction of sp³-hybridized carbons (Fsp3) is 0.500. The SMILES string of the molecule is NC(=NCCc1nc2c(s1)CCCC2)N1CCN(c2ccc(F)cc2)CC1. The number of hydrogen-bond donors (Lipinski definition) is 1. The largest absolute Gasteiger partial charge is 0.370 e. The number of fused-ring (bicyclic) bond motifs is 1. The van der Waals surface area contributed by atoms with Crippen molar-refractivity contribution in [1.82, 2.24) is 9.88 Å².